The molecule has 98 valence electrons. The number of nitrogen functional groups attached to an aromatic ring is 1. The fourth-order valence-corrected chi connectivity index (χ4v) is 1.39. The van der Waals surface area contributed by atoms with Crippen LogP contribution in [0.15, 0.2) is 29.0 Å². The number of carbonyl (C=O) groups is 1. The summed E-state index contributed by atoms with van der Waals surface area (Å²) < 4.78 is 4.79. The normalized spacial score (nSPS) is 10.1. The first-order valence-corrected chi connectivity index (χ1v) is 5.15. The minimum Gasteiger partial charge on any atom is -0.384 e. The molecule has 19 heavy (non-hydrogen) atoms. The van der Waals surface area contributed by atoms with E-state index in [-0.39, 0.29) is 17.9 Å². The number of pyridine rings is 1. The van der Waals surface area contributed by atoms with E-state index in [1.54, 1.807) is 6.07 Å². The number of rotatable bonds is 4. The van der Waals surface area contributed by atoms with Gasteiger partial charge in [0.25, 0.3) is 11.6 Å². The van der Waals surface area contributed by atoms with Gasteiger partial charge in [-0.15, -0.1) is 0 Å². The average Bonchev–Trinajstić information content (AvgIpc) is 2.88. The van der Waals surface area contributed by atoms with E-state index in [9.17, 15) is 14.9 Å². The van der Waals surface area contributed by atoms with Crippen LogP contribution in [0.3, 0.4) is 0 Å². The molecule has 2 rings (SSSR count). The molecular weight excluding hydrogens is 254 g/mol. The highest BCUT2D eigenvalue weighted by atomic mass is 16.6. The van der Waals surface area contributed by atoms with Gasteiger partial charge < -0.3 is 15.6 Å². The second-order valence-electron chi connectivity index (χ2n) is 3.54. The second kappa shape index (κ2) is 5.12. The second-order valence-corrected chi connectivity index (χ2v) is 3.54. The Morgan fingerprint density at radius 3 is 3.00 bits per heavy atom. The molecule has 0 radical (unpaired) electrons. The summed E-state index contributed by atoms with van der Waals surface area (Å²) in [6, 6.07) is 2.71. The molecule has 2 aromatic heterocycles. The third-order valence-corrected chi connectivity index (χ3v) is 2.26. The van der Waals surface area contributed by atoms with Crippen LogP contribution >= 0.6 is 0 Å². The Bertz CT molecular complexity index is 610. The highest BCUT2D eigenvalue weighted by molar-refractivity contribution is 5.98. The Kier molecular flexibility index (Phi) is 3.37. The lowest BCUT2D eigenvalue weighted by Crippen LogP contribution is -2.23. The third-order valence-electron chi connectivity index (χ3n) is 2.26. The number of anilines is 1. The van der Waals surface area contributed by atoms with Crippen LogP contribution in [0.1, 0.15) is 16.1 Å². The van der Waals surface area contributed by atoms with E-state index in [0.29, 0.717) is 5.76 Å². The van der Waals surface area contributed by atoms with E-state index in [0.717, 1.165) is 12.3 Å². The topological polar surface area (TPSA) is 137 Å². The van der Waals surface area contributed by atoms with Gasteiger partial charge in [-0.05, 0) is 6.07 Å². The summed E-state index contributed by atoms with van der Waals surface area (Å²) in [5.41, 5.74) is 4.85. The predicted molar refractivity (Wildman–Crippen MR) is 63.0 cm³/mol. The first-order valence-electron chi connectivity index (χ1n) is 5.15. The lowest BCUT2D eigenvalue weighted by molar-refractivity contribution is -0.385. The smallest absolute Gasteiger partial charge is 0.300 e. The van der Waals surface area contributed by atoms with Gasteiger partial charge in [-0.25, -0.2) is 4.98 Å². The number of hydrogen-bond donors (Lipinski definition) is 2. The first kappa shape index (κ1) is 12.5. The molecule has 1 amide bonds. The molecule has 0 aliphatic heterocycles. The van der Waals surface area contributed by atoms with Crippen LogP contribution in [-0.4, -0.2) is 21.0 Å². The van der Waals surface area contributed by atoms with E-state index in [1.165, 1.54) is 6.20 Å². The van der Waals surface area contributed by atoms with E-state index < -0.39 is 16.5 Å². The van der Waals surface area contributed by atoms with Crippen LogP contribution < -0.4 is 11.1 Å². The fourth-order valence-electron chi connectivity index (χ4n) is 1.39. The van der Waals surface area contributed by atoms with E-state index >= 15 is 0 Å². The highest BCUT2D eigenvalue weighted by Crippen LogP contribution is 2.18. The summed E-state index contributed by atoms with van der Waals surface area (Å²) in [6.45, 7) is 0.0677. The van der Waals surface area contributed by atoms with E-state index in [1.807, 2.05) is 0 Å². The largest absolute Gasteiger partial charge is 0.384 e. The maximum Gasteiger partial charge on any atom is 0.300 e. The SMILES string of the molecule is Nc1cc(C(=O)NCc2ccno2)c([N+](=O)[O-])cn1. The van der Waals surface area contributed by atoms with Gasteiger partial charge in [-0.2, -0.15) is 0 Å². The van der Waals surface area contributed by atoms with Crippen LogP contribution in [0.2, 0.25) is 0 Å². The molecule has 0 saturated heterocycles. The number of amides is 1. The van der Waals surface area contributed by atoms with Gasteiger partial charge in [-0.1, -0.05) is 5.16 Å². The highest BCUT2D eigenvalue weighted by Gasteiger charge is 2.21. The van der Waals surface area contributed by atoms with Crippen molar-refractivity contribution in [3.8, 4) is 0 Å². The molecule has 0 spiro atoms. The van der Waals surface area contributed by atoms with Crippen molar-refractivity contribution in [3.05, 3.63) is 46.0 Å². The molecule has 0 saturated carbocycles. The number of hydrogen-bond acceptors (Lipinski definition) is 7. The van der Waals surface area contributed by atoms with Gasteiger partial charge in [0.05, 0.1) is 17.7 Å². The molecule has 0 aliphatic rings. The lowest BCUT2D eigenvalue weighted by Gasteiger charge is -2.04. The predicted octanol–water partition coefficient (Wildman–Crippen LogP) is 0.490. The Morgan fingerprint density at radius 1 is 1.58 bits per heavy atom. The van der Waals surface area contributed by atoms with Gasteiger partial charge in [-0.3, -0.25) is 14.9 Å². The fraction of sp³-hybridized carbons (Fsp3) is 0.100. The van der Waals surface area contributed by atoms with Crippen molar-refractivity contribution in [1.29, 1.82) is 0 Å². The molecule has 2 aromatic rings. The summed E-state index contributed by atoms with van der Waals surface area (Å²) in [7, 11) is 0. The summed E-state index contributed by atoms with van der Waals surface area (Å²) in [5.74, 6) is -0.189. The van der Waals surface area contributed by atoms with Crippen LogP contribution in [0.4, 0.5) is 11.5 Å². The summed E-state index contributed by atoms with van der Waals surface area (Å²) >= 11 is 0. The Labute approximate surface area is 106 Å². The van der Waals surface area contributed by atoms with Crippen molar-refractivity contribution in [1.82, 2.24) is 15.5 Å². The van der Waals surface area contributed by atoms with Gasteiger partial charge in [0.2, 0.25) is 0 Å². The maximum atomic E-state index is 11.9. The lowest BCUT2D eigenvalue weighted by atomic mass is 10.2. The monoisotopic (exact) mass is 263 g/mol. The quantitative estimate of drug-likeness (QED) is 0.604. The summed E-state index contributed by atoms with van der Waals surface area (Å²) in [5, 5.41) is 16.7. The van der Waals surface area contributed by atoms with Crippen molar-refractivity contribution < 1.29 is 14.2 Å². The molecule has 9 nitrogen and oxygen atoms in total. The Balaban J connectivity index is 2.18. The molecule has 0 unspecified atom stereocenters. The molecule has 2 heterocycles. The molecule has 3 N–H and O–H groups in total. The molecule has 0 bridgehead atoms. The van der Waals surface area contributed by atoms with Crippen molar-refractivity contribution in [2.75, 3.05) is 5.73 Å². The summed E-state index contributed by atoms with van der Waals surface area (Å²) in [6.07, 6.45) is 2.37. The standard InChI is InChI=1S/C10H9N5O4/c11-9-3-7(8(5-12-9)15(17)18)10(16)13-4-6-1-2-14-19-6/h1-3,5H,4H2,(H2,11,12)(H,13,16). The van der Waals surface area contributed by atoms with Crippen LogP contribution in [-0.2, 0) is 6.54 Å². The zero-order valence-electron chi connectivity index (χ0n) is 9.57. The zero-order valence-corrected chi connectivity index (χ0v) is 9.57. The van der Waals surface area contributed by atoms with Crippen molar-refractivity contribution >= 4 is 17.4 Å². The van der Waals surface area contributed by atoms with Crippen LogP contribution in [0.5, 0.6) is 0 Å². The number of carbonyl (C=O) groups excluding carboxylic acids is 1. The van der Waals surface area contributed by atoms with Crippen LogP contribution in [0, 0.1) is 10.1 Å². The van der Waals surface area contributed by atoms with Crippen molar-refractivity contribution in [3.63, 3.8) is 0 Å². The number of nitrogens with one attached hydrogen (secondary N) is 1. The number of nitrogens with two attached hydrogens (primary N) is 1. The number of nitro groups is 1. The number of nitrogens with zero attached hydrogens (tertiary/aromatic N) is 3. The van der Waals surface area contributed by atoms with Crippen LogP contribution in [0.25, 0.3) is 0 Å². The maximum absolute atomic E-state index is 11.9. The molecular formula is C10H9N5O4. The molecule has 0 fully saturated rings. The molecule has 0 aliphatic carbocycles. The first-order chi connectivity index (χ1) is 9.08. The zero-order chi connectivity index (χ0) is 13.8. The minimum atomic E-state index is -0.699. The Morgan fingerprint density at radius 2 is 2.37 bits per heavy atom. The van der Waals surface area contributed by atoms with Gasteiger partial charge >= 0.3 is 0 Å². The molecule has 0 atom stereocenters. The van der Waals surface area contributed by atoms with Crippen molar-refractivity contribution in [2.24, 2.45) is 0 Å². The average molecular weight is 263 g/mol. The van der Waals surface area contributed by atoms with E-state index in [2.05, 4.69) is 15.5 Å². The molecule has 9 heteroatoms. The van der Waals surface area contributed by atoms with Crippen molar-refractivity contribution in [2.45, 2.75) is 6.54 Å². The van der Waals surface area contributed by atoms with Gasteiger partial charge in [0.1, 0.15) is 17.6 Å². The van der Waals surface area contributed by atoms with Gasteiger partial charge in [0.15, 0.2) is 5.76 Å². The summed E-state index contributed by atoms with van der Waals surface area (Å²) in [4.78, 5) is 25.5. The van der Waals surface area contributed by atoms with E-state index in [4.69, 9.17) is 10.3 Å². The molecule has 0 aromatic carbocycles. The third kappa shape index (κ3) is 2.83. The number of aromatic nitrogens is 2. The minimum absolute atomic E-state index is 0.0235. The Hall–Kier alpha value is -2.97. The van der Waals surface area contributed by atoms with Gasteiger partial charge in [0, 0.05) is 6.07 Å².